The van der Waals surface area contributed by atoms with Gasteiger partial charge in [0.1, 0.15) is 5.75 Å². The zero-order valence-electron chi connectivity index (χ0n) is 18.8. The summed E-state index contributed by atoms with van der Waals surface area (Å²) in [7, 11) is 3.09. The molecule has 1 aromatic heterocycles. The Morgan fingerprint density at radius 2 is 2.09 bits per heavy atom. The van der Waals surface area contributed by atoms with E-state index >= 15 is 0 Å². The number of ether oxygens (including phenoxy) is 2. The van der Waals surface area contributed by atoms with Crippen LogP contribution in [0.15, 0.2) is 60.1 Å². The molecule has 33 heavy (non-hydrogen) atoms. The number of carbonyl (C=O) groups is 1. The van der Waals surface area contributed by atoms with Gasteiger partial charge in [-0.05, 0) is 17.7 Å². The van der Waals surface area contributed by atoms with Gasteiger partial charge in [-0.25, -0.2) is 4.98 Å². The number of anilines is 2. The molecule has 2 N–H and O–H groups in total. The number of rotatable bonds is 8. The first-order chi connectivity index (χ1) is 15.9. The maximum Gasteiger partial charge on any atom is 0.293 e. The number of amides is 1. The third-order valence-corrected chi connectivity index (χ3v) is 5.20. The van der Waals surface area contributed by atoms with Crippen molar-refractivity contribution in [1.29, 1.82) is 0 Å². The van der Waals surface area contributed by atoms with E-state index in [2.05, 4.69) is 23.5 Å². The predicted octanol–water partition coefficient (Wildman–Crippen LogP) is 2.12. The fraction of sp³-hybridized carbons (Fsp3) is 0.292. The molecular weight excluding hydrogens is 424 g/mol. The van der Waals surface area contributed by atoms with Crippen molar-refractivity contribution in [2.45, 2.75) is 0 Å². The second kappa shape index (κ2) is 10.8. The van der Waals surface area contributed by atoms with Crippen LogP contribution >= 0.6 is 0 Å². The Balaban J connectivity index is 1.94. The minimum Gasteiger partial charge on any atom is -0.496 e. The summed E-state index contributed by atoms with van der Waals surface area (Å²) in [5.74, 6) is 0.315. The van der Waals surface area contributed by atoms with Crippen LogP contribution in [-0.4, -0.2) is 65.5 Å². The van der Waals surface area contributed by atoms with Crippen LogP contribution in [0.5, 0.6) is 5.75 Å². The van der Waals surface area contributed by atoms with E-state index in [1.807, 2.05) is 0 Å². The molecule has 3 rings (SSSR count). The monoisotopic (exact) mass is 452 g/mol. The fourth-order valence-electron chi connectivity index (χ4n) is 3.42. The highest BCUT2D eigenvalue weighted by Gasteiger charge is 2.22. The van der Waals surface area contributed by atoms with E-state index < -0.39 is 0 Å². The second-order valence-corrected chi connectivity index (χ2v) is 7.41. The SMILES string of the molecule is C=CC=C(C(=C)CO)c1cn(C)c(=O)c(Nc2ccc(C(=O)N3CCOCC3)c(OC)c2)n1. The number of methoxy groups -OCH3 is 1. The molecule has 9 nitrogen and oxygen atoms in total. The van der Waals surface area contributed by atoms with E-state index in [1.165, 1.54) is 11.7 Å². The smallest absolute Gasteiger partial charge is 0.293 e. The second-order valence-electron chi connectivity index (χ2n) is 7.41. The van der Waals surface area contributed by atoms with Gasteiger partial charge in [0.05, 0.1) is 38.2 Å². The van der Waals surface area contributed by atoms with Crippen molar-refractivity contribution in [2.75, 3.05) is 45.3 Å². The number of morpholine rings is 1. The summed E-state index contributed by atoms with van der Waals surface area (Å²) in [5, 5.41) is 12.5. The number of allylic oxidation sites excluding steroid dienone is 2. The molecule has 1 amide bonds. The van der Waals surface area contributed by atoms with Gasteiger partial charge in [0.25, 0.3) is 11.5 Å². The first-order valence-electron chi connectivity index (χ1n) is 10.4. The van der Waals surface area contributed by atoms with Crippen LogP contribution in [0.1, 0.15) is 16.1 Å². The Kier molecular flexibility index (Phi) is 7.81. The van der Waals surface area contributed by atoms with Crippen molar-refractivity contribution in [3.63, 3.8) is 0 Å². The van der Waals surface area contributed by atoms with Gasteiger partial charge in [-0.15, -0.1) is 0 Å². The van der Waals surface area contributed by atoms with Crippen LogP contribution in [0.3, 0.4) is 0 Å². The number of carbonyl (C=O) groups excluding carboxylic acids is 1. The third kappa shape index (κ3) is 5.39. The molecule has 1 fully saturated rings. The number of aliphatic hydroxyl groups is 1. The molecule has 0 radical (unpaired) electrons. The number of aryl methyl sites for hydroxylation is 1. The topological polar surface area (TPSA) is 106 Å². The molecule has 0 spiro atoms. The first kappa shape index (κ1) is 24.0. The first-order valence-corrected chi connectivity index (χ1v) is 10.4. The van der Waals surface area contributed by atoms with Gasteiger partial charge in [-0.3, -0.25) is 9.59 Å². The fourth-order valence-corrected chi connectivity index (χ4v) is 3.42. The average molecular weight is 453 g/mol. The van der Waals surface area contributed by atoms with Gasteiger partial charge in [0.2, 0.25) is 0 Å². The number of benzene rings is 1. The van der Waals surface area contributed by atoms with E-state index in [0.29, 0.717) is 60.1 Å². The minimum absolute atomic E-state index is 0.0741. The highest BCUT2D eigenvalue weighted by atomic mass is 16.5. The van der Waals surface area contributed by atoms with Gasteiger partial charge in [-0.2, -0.15) is 0 Å². The molecular formula is C24H28N4O5. The van der Waals surface area contributed by atoms with Crippen molar-refractivity contribution in [2.24, 2.45) is 7.05 Å². The number of hydrogen-bond donors (Lipinski definition) is 2. The normalized spacial score (nSPS) is 14.0. The molecule has 0 atom stereocenters. The Bertz CT molecular complexity index is 1150. The molecule has 2 aromatic rings. The van der Waals surface area contributed by atoms with Crippen molar-refractivity contribution in [1.82, 2.24) is 14.5 Å². The summed E-state index contributed by atoms with van der Waals surface area (Å²) in [4.78, 5) is 31.7. The molecule has 9 heteroatoms. The van der Waals surface area contributed by atoms with E-state index in [1.54, 1.807) is 48.5 Å². The zero-order valence-corrected chi connectivity index (χ0v) is 18.8. The quantitative estimate of drug-likeness (QED) is 0.591. The minimum atomic E-state index is -0.348. The summed E-state index contributed by atoms with van der Waals surface area (Å²) in [6.45, 7) is 9.32. The lowest BCUT2D eigenvalue weighted by Crippen LogP contribution is -2.40. The lowest BCUT2D eigenvalue weighted by Gasteiger charge is -2.27. The molecule has 1 aliphatic rings. The molecule has 0 bridgehead atoms. The van der Waals surface area contributed by atoms with E-state index in [0.717, 1.165) is 0 Å². The number of nitrogens with one attached hydrogen (secondary N) is 1. The summed E-state index contributed by atoms with van der Waals surface area (Å²) < 4.78 is 12.1. The highest BCUT2D eigenvalue weighted by molar-refractivity contribution is 5.97. The Morgan fingerprint density at radius 1 is 1.36 bits per heavy atom. The van der Waals surface area contributed by atoms with Gasteiger partial charge < -0.3 is 29.4 Å². The number of aromatic nitrogens is 2. The van der Waals surface area contributed by atoms with Crippen LogP contribution < -0.4 is 15.6 Å². The van der Waals surface area contributed by atoms with Crippen LogP contribution in [-0.2, 0) is 11.8 Å². The van der Waals surface area contributed by atoms with Crippen molar-refractivity contribution in [3.8, 4) is 5.75 Å². The molecule has 1 saturated heterocycles. The Morgan fingerprint density at radius 3 is 2.73 bits per heavy atom. The highest BCUT2D eigenvalue weighted by Crippen LogP contribution is 2.27. The maximum atomic E-state index is 12.9. The van der Waals surface area contributed by atoms with E-state index in [-0.39, 0.29) is 23.9 Å². The van der Waals surface area contributed by atoms with Crippen molar-refractivity contribution in [3.05, 3.63) is 76.9 Å². The van der Waals surface area contributed by atoms with Crippen LogP contribution in [0, 0.1) is 0 Å². The largest absolute Gasteiger partial charge is 0.496 e. The lowest BCUT2D eigenvalue weighted by molar-refractivity contribution is 0.0301. The number of nitrogens with zero attached hydrogens (tertiary/aromatic N) is 3. The Hall–Kier alpha value is -3.69. The Labute approximate surface area is 192 Å². The molecule has 174 valence electrons. The predicted molar refractivity (Wildman–Crippen MR) is 127 cm³/mol. The summed E-state index contributed by atoms with van der Waals surface area (Å²) >= 11 is 0. The van der Waals surface area contributed by atoms with E-state index in [4.69, 9.17) is 9.47 Å². The van der Waals surface area contributed by atoms with Gasteiger partial charge in [0, 0.05) is 43.7 Å². The maximum absolute atomic E-state index is 12.9. The summed E-state index contributed by atoms with van der Waals surface area (Å²) in [5.41, 5.74) is 2.07. The lowest BCUT2D eigenvalue weighted by atomic mass is 10.0. The molecule has 0 unspecified atom stereocenters. The van der Waals surface area contributed by atoms with Crippen molar-refractivity contribution < 1.29 is 19.4 Å². The summed E-state index contributed by atoms with van der Waals surface area (Å²) in [6, 6.07) is 5.00. The number of aliphatic hydroxyl groups excluding tert-OH is 1. The summed E-state index contributed by atoms with van der Waals surface area (Å²) in [6.07, 6.45) is 4.80. The van der Waals surface area contributed by atoms with Gasteiger partial charge >= 0.3 is 0 Å². The number of hydrogen-bond acceptors (Lipinski definition) is 7. The van der Waals surface area contributed by atoms with E-state index in [9.17, 15) is 14.7 Å². The van der Waals surface area contributed by atoms with Crippen LogP contribution in [0.25, 0.3) is 5.57 Å². The zero-order chi connectivity index (χ0) is 24.0. The van der Waals surface area contributed by atoms with Gasteiger partial charge in [-0.1, -0.05) is 25.3 Å². The van der Waals surface area contributed by atoms with Crippen LogP contribution in [0.2, 0.25) is 0 Å². The molecule has 1 aromatic carbocycles. The molecule has 0 aliphatic carbocycles. The van der Waals surface area contributed by atoms with Crippen molar-refractivity contribution >= 4 is 23.0 Å². The molecule has 2 heterocycles. The standard InChI is InChI=1S/C24H28N4O5/c1-5-6-18(16(2)15-29)20-14-27(3)24(31)22(26-20)25-17-7-8-19(21(13-17)32-4)23(30)28-9-11-33-12-10-28/h5-8,13-14,29H,1-2,9-12,15H2,3-4H3,(H,25,26). The average Bonchev–Trinajstić information content (AvgIpc) is 2.84. The molecule has 1 aliphatic heterocycles. The van der Waals surface area contributed by atoms with Gasteiger partial charge in [0.15, 0.2) is 5.82 Å². The van der Waals surface area contributed by atoms with Crippen LogP contribution in [0.4, 0.5) is 11.5 Å². The molecule has 0 saturated carbocycles. The third-order valence-electron chi connectivity index (χ3n) is 5.20.